The maximum absolute atomic E-state index is 13.3. The summed E-state index contributed by atoms with van der Waals surface area (Å²) in [6.45, 7) is 12.3. The lowest BCUT2D eigenvalue weighted by atomic mass is 9.40. The molecule has 2 aliphatic carbocycles. The average Bonchev–Trinajstić information content (AvgIpc) is 2.54. The van der Waals surface area contributed by atoms with Crippen LogP contribution in [0.15, 0.2) is 12.7 Å². The van der Waals surface area contributed by atoms with E-state index >= 15 is 0 Å². The molecule has 0 aromatic heterocycles. The molecule has 3 aliphatic rings. The van der Waals surface area contributed by atoms with Crippen molar-refractivity contribution in [1.29, 1.82) is 0 Å². The summed E-state index contributed by atoms with van der Waals surface area (Å²) >= 11 is 0. The van der Waals surface area contributed by atoms with E-state index < -0.39 is 57.6 Å². The fourth-order valence-corrected chi connectivity index (χ4v) is 6.32. The van der Waals surface area contributed by atoms with E-state index in [1.54, 1.807) is 13.8 Å². The molecule has 6 heteroatoms. The highest BCUT2D eigenvalue weighted by Crippen LogP contribution is 2.66. The van der Waals surface area contributed by atoms with Crippen LogP contribution in [-0.2, 0) is 9.53 Å². The predicted octanol–water partition coefficient (Wildman–Crippen LogP) is 0.949. The van der Waals surface area contributed by atoms with Gasteiger partial charge in [-0.1, -0.05) is 26.8 Å². The molecule has 0 amide bonds. The Hall–Kier alpha value is -0.790. The molecule has 0 bridgehead atoms. The van der Waals surface area contributed by atoms with Crippen molar-refractivity contribution in [2.24, 2.45) is 16.7 Å². The number of aliphatic hydroxyl groups excluding tert-OH is 3. The van der Waals surface area contributed by atoms with E-state index in [1.807, 2.05) is 13.8 Å². The summed E-state index contributed by atoms with van der Waals surface area (Å²) in [5.41, 5.74) is -6.82. The summed E-state index contributed by atoms with van der Waals surface area (Å²) in [6, 6.07) is 0. The molecule has 2 saturated carbocycles. The van der Waals surface area contributed by atoms with Crippen LogP contribution in [-0.4, -0.2) is 61.3 Å². The molecule has 0 radical (unpaired) electrons. The third-order valence-corrected chi connectivity index (χ3v) is 7.76. The van der Waals surface area contributed by atoms with Gasteiger partial charge in [-0.05, 0) is 32.1 Å². The molecule has 3 fully saturated rings. The normalized spacial score (nSPS) is 56.4. The average molecular weight is 368 g/mol. The zero-order valence-electron chi connectivity index (χ0n) is 16.3. The van der Waals surface area contributed by atoms with Crippen molar-refractivity contribution in [3.05, 3.63) is 12.7 Å². The van der Waals surface area contributed by atoms with E-state index in [4.69, 9.17) is 4.74 Å². The maximum Gasteiger partial charge on any atom is 0.171 e. The maximum atomic E-state index is 13.3. The Morgan fingerprint density at radius 1 is 1.15 bits per heavy atom. The van der Waals surface area contributed by atoms with Gasteiger partial charge in [-0.25, -0.2) is 0 Å². The smallest absolute Gasteiger partial charge is 0.171 e. The van der Waals surface area contributed by atoms with E-state index in [0.717, 1.165) is 0 Å². The molecule has 148 valence electrons. The number of ketones is 1. The van der Waals surface area contributed by atoms with Crippen LogP contribution >= 0.6 is 0 Å². The van der Waals surface area contributed by atoms with Gasteiger partial charge < -0.3 is 25.2 Å². The lowest BCUT2D eigenvalue weighted by Crippen LogP contribution is -2.86. The van der Waals surface area contributed by atoms with Crippen LogP contribution in [0, 0.1) is 16.7 Å². The van der Waals surface area contributed by atoms with Gasteiger partial charge in [-0.2, -0.15) is 0 Å². The number of hydrogen-bond acceptors (Lipinski definition) is 6. The Morgan fingerprint density at radius 3 is 2.27 bits per heavy atom. The highest BCUT2D eigenvalue weighted by Gasteiger charge is 2.80. The van der Waals surface area contributed by atoms with Gasteiger partial charge in [0.15, 0.2) is 11.4 Å². The van der Waals surface area contributed by atoms with Gasteiger partial charge in [0.1, 0.15) is 11.7 Å². The summed E-state index contributed by atoms with van der Waals surface area (Å²) in [5, 5.41) is 44.9. The topological polar surface area (TPSA) is 107 Å². The fraction of sp³-hybridized carbons (Fsp3) is 0.850. The summed E-state index contributed by atoms with van der Waals surface area (Å²) in [7, 11) is 0. The van der Waals surface area contributed by atoms with Crippen LogP contribution in [0.25, 0.3) is 0 Å². The standard InChI is InChI=1S/C20H32O6/c1-7-17(4)10-12(22)20(25)18(5)11(21)8-9-16(2,3)14(18)13(23)15(24)19(20,6)26-17/h7,11,13-15,21,23-25H,1,8-10H2,2-6H3/t11?,13?,14?,15?,17-,18-,19+,20-/m0/s1. The number of aliphatic hydroxyl groups is 4. The first kappa shape index (κ1) is 20.0. The Morgan fingerprint density at radius 2 is 1.73 bits per heavy atom. The first-order valence-electron chi connectivity index (χ1n) is 9.35. The van der Waals surface area contributed by atoms with E-state index in [0.29, 0.717) is 12.8 Å². The lowest BCUT2D eigenvalue weighted by molar-refractivity contribution is -0.370. The number of rotatable bonds is 1. The Bertz CT molecular complexity index is 646. The molecule has 8 atom stereocenters. The number of carbonyl (C=O) groups is 1. The first-order chi connectivity index (χ1) is 11.7. The summed E-state index contributed by atoms with van der Waals surface area (Å²) in [5.74, 6) is -1.17. The summed E-state index contributed by atoms with van der Waals surface area (Å²) < 4.78 is 6.09. The number of hydrogen-bond donors (Lipinski definition) is 4. The van der Waals surface area contributed by atoms with Crippen molar-refractivity contribution in [3.8, 4) is 0 Å². The molecule has 3 rings (SSSR count). The molecule has 1 saturated heterocycles. The van der Waals surface area contributed by atoms with Crippen molar-refractivity contribution in [2.75, 3.05) is 0 Å². The van der Waals surface area contributed by atoms with Gasteiger partial charge in [0.25, 0.3) is 0 Å². The molecule has 0 aromatic carbocycles. The number of Topliss-reactive ketones (excluding diaryl/α,β-unsaturated/α-hetero) is 1. The van der Waals surface area contributed by atoms with Gasteiger partial charge in [0, 0.05) is 17.8 Å². The van der Waals surface area contributed by atoms with Crippen LogP contribution in [0.4, 0.5) is 0 Å². The zero-order valence-corrected chi connectivity index (χ0v) is 16.3. The quantitative estimate of drug-likeness (QED) is 0.514. The van der Waals surface area contributed by atoms with Crippen LogP contribution in [0.2, 0.25) is 0 Å². The molecule has 0 aromatic rings. The molecule has 4 N–H and O–H groups in total. The van der Waals surface area contributed by atoms with Gasteiger partial charge >= 0.3 is 0 Å². The van der Waals surface area contributed by atoms with Crippen molar-refractivity contribution >= 4 is 5.78 Å². The lowest BCUT2D eigenvalue weighted by Gasteiger charge is -2.71. The van der Waals surface area contributed by atoms with Crippen LogP contribution in [0.1, 0.15) is 53.9 Å². The highest BCUT2D eigenvalue weighted by molar-refractivity contribution is 5.92. The molecule has 4 unspecified atom stereocenters. The third kappa shape index (κ3) is 2.02. The summed E-state index contributed by atoms with van der Waals surface area (Å²) in [4.78, 5) is 13.3. The molecular formula is C20H32O6. The molecule has 1 aliphatic heterocycles. The SMILES string of the molecule is C=C[C@@]1(C)CC(=O)[C@]2(O)[C@@]3(C)C(O)CCC(C)(C)C3C(O)C(O)[C@@]2(C)O1. The molecular weight excluding hydrogens is 336 g/mol. The minimum absolute atomic E-state index is 0.110. The van der Waals surface area contributed by atoms with Gasteiger partial charge in [-0.3, -0.25) is 4.79 Å². The highest BCUT2D eigenvalue weighted by atomic mass is 16.6. The number of ether oxygens (including phenoxy) is 1. The molecule has 6 nitrogen and oxygen atoms in total. The van der Waals surface area contributed by atoms with Crippen molar-refractivity contribution in [3.63, 3.8) is 0 Å². The molecule has 26 heavy (non-hydrogen) atoms. The van der Waals surface area contributed by atoms with Gasteiger partial charge in [0.05, 0.1) is 17.8 Å². The van der Waals surface area contributed by atoms with Crippen LogP contribution in [0.3, 0.4) is 0 Å². The third-order valence-electron chi connectivity index (χ3n) is 7.76. The van der Waals surface area contributed by atoms with Crippen molar-refractivity contribution in [2.45, 2.75) is 89.0 Å². The molecule has 1 heterocycles. The number of fused-ring (bicyclic) bond motifs is 3. The van der Waals surface area contributed by atoms with Crippen LogP contribution in [0.5, 0.6) is 0 Å². The van der Waals surface area contributed by atoms with E-state index in [9.17, 15) is 25.2 Å². The largest absolute Gasteiger partial charge is 0.392 e. The number of carbonyl (C=O) groups excluding carboxylic acids is 1. The Balaban J connectivity index is 2.29. The second kappa shape index (κ2) is 5.39. The Kier molecular flexibility index (Phi) is 4.13. The molecule has 0 spiro atoms. The van der Waals surface area contributed by atoms with Gasteiger partial charge in [0.2, 0.25) is 0 Å². The van der Waals surface area contributed by atoms with E-state index in [-0.39, 0.29) is 6.42 Å². The minimum Gasteiger partial charge on any atom is -0.392 e. The fourth-order valence-electron chi connectivity index (χ4n) is 6.32. The zero-order chi connectivity index (χ0) is 19.9. The monoisotopic (exact) mass is 368 g/mol. The van der Waals surface area contributed by atoms with E-state index in [1.165, 1.54) is 13.0 Å². The summed E-state index contributed by atoms with van der Waals surface area (Å²) in [6.07, 6.45) is -1.37. The first-order valence-corrected chi connectivity index (χ1v) is 9.35. The minimum atomic E-state index is -2.14. The van der Waals surface area contributed by atoms with Crippen molar-refractivity contribution in [1.82, 2.24) is 0 Å². The second-order valence-electron chi connectivity index (χ2n) is 9.78. The van der Waals surface area contributed by atoms with Crippen molar-refractivity contribution < 1.29 is 30.0 Å². The Labute approximate surface area is 154 Å². The van der Waals surface area contributed by atoms with Crippen LogP contribution < -0.4 is 0 Å². The van der Waals surface area contributed by atoms with Gasteiger partial charge in [-0.15, -0.1) is 6.58 Å². The predicted molar refractivity (Wildman–Crippen MR) is 95.3 cm³/mol. The van der Waals surface area contributed by atoms with E-state index in [2.05, 4.69) is 6.58 Å². The second-order valence-corrected chi connectivity index (χ2v) is 9.78.